The number of anilines is 1. The van der Waals surface area contributed by atoms with Gasteiger partial charge in [-0.2, -0.15) is 0 Å². The first kappa shape index (κ1) is 19.7. The van der Waals surface area contributed by atoms with Gasteiger partial charge in [0.05, 0.1) is 12.0 Å². The molecular formula is C20H19F3N2O3. The van der Waals surface area contributed by atoms with E-state index < -0.39 is 12.3 Å². The van der Waals surface area contributed by atoms with Crippen molar-refractivity contribution in [2.24, 2.45) is 5.92 Å². The quantitative estimate of drug-likeness (QED) is 0.832. The Morgan fingerprint density at radius 3 is 2.39 bits per heavy atom. The molecule has 148 valence electrons. The van der Waals surface area contributed by atoms with Crippen LogP contribution in [-0.4, -0.2) is 29.6 Å². The monoisotopic (exact) mass is 392 g/mol. The molecule has 1 N–H and O–H groups in total. The standard InChI is InChI=1S/C20H19F3N2O3/c1-13(14-5-3-2-4-6-14)25-12-15(11-18(25)26)19(27)24-16-7-9-17(10-8-16)28-20(21,22)23/h2-10,13,15H,11-12H2,1H3,(H,24,27)/t13-,15-/m0/s1. The van der Waals surface area contributed by atoms with Gasteiger partial charge in [-0.05, 0) is 36.8 Å². The Hall–Kier alpha value is -3.03. The number of halogens is 3. The number of likely N-dealkylation sites (tertiary alicyclic amines) is 1. The summed E-state index contributed by atoms with van der Waals surface area (Å²) in [5.41, 5.74) is 1.32. The van der Waals surface area contributed by atoms with Crippen molar-refractivity contribution >= 4 is 17.5 Å². The number of carbonyl (C=O) groups is 2. The number of carbonyl (C=O) groups excluding carboxylic acids is 2. The minimum absolute atomic E-state index is 0.0955. The van der Waals surface area contributed by atoms with Gasteiger partial charge in [0.2, 0.25) is 11.8 Å². The SMILES string of the molecule is C[C@@H](c1ccccc1)N1C[C@@H](C(=O)Nc2ccc(OC(F)(F)F)cc2)CC1=O. The first-order valence-electron chi connectivity index (χ1n) is 8.74. The summed E-state index contributed by atoms with van der Waals surface area (Å²) in [7, 11) is 0. The predicted octanol–water partition coefficient (Wildman–Crippen LogP) is 4.13. The van der Waals surface area contributed by atoms with E-state index in [2.05, 4.69) is 10.1 Å². The third-order valence-electron chi connectivity index (χ3n) is 4.63. The van der Waals surface area contributed by atoms with E-state index in [1.165, 1.54) is 12.1 Å². The molecule has 2 aromatic rings. The van der Waals surface area contributed by atoms with Gasteiger partial charge in [-0.3, -0.25) is 9.59 Å². The van der Waals surface area contributed by atoms with Crippen LogP contribution in [0.2, 0.25) is 0 Å². The van der Waals surface area contributed by atoms with Gasteiger partial charge in [-0.25, -0.2) is 0 Å². The van der Waals surface area contributed by atoms with E-state index >= 15 is 0 Å². The van der Waals surface area contributed by atoms with Gasteiger partial charge in [-0.1, -0.05) is 30.3 Å². The zero-order valence-corrected chi connectivity index (χ0v) is 15.1. The molecule has 1 fully saturated rings. The molecule has 1 saturated heterocycles. The lowest BCUT2D eigenvalue weighted by molar-refractivity contribution is -0.274. The lowest BCUT2D eigenvalue weighted by Gasteiger charge is -2.25. The van der Waals surface area contributed by atoms with Crippen LogP contribution in [0.25, 0.3) is 0 Å². The lowest BCUT2D eigenvalue weighted by Crippen LogP contribution is -2.30. The van der Waals surface area contributed by atoms with Crippen molar-refractivity contribution in [3.05, 3.63) is 60.2 Å². The largest absolute Gasteiger partial charge is 0.573 e. The molecule has 0 radical (unpaired) electrons. The minimum Gasteiger partial charge on any atom is -0.406 e. The maximum absolute atomic E-state index is 12.5. The Morgan fingerprint density at radius 1 is 1.14 bits per heavy atom. The molecule has 28 heavy (non-hydrogen) atoms. The van der Waals surface area contributed by atoms with E-state index in [0.29, 0.717) is 5.69 Å². The number of benzene rings is 2. The summed E-state index contributed by atoms with van der Waals surface area (Å²) in [6.07, 6.45) is -4.67. The minimum atomic E-state index is -4.77. The van der Waals surface area contributed by atoms with Gasteiger partial charge >= 0.3 is 6.36 Å². The topological polar surface area (TPSA) is 58.6 Å². The highest BCUT2D eigenvalue weighted by Crippen LogP contribution is 2.29. The number of hydrogen-bond donors (Lipinski definition) is 1. The summed E-state index contributed by atoms with van der Waals surface area (Å²) in [6, 6.07) is 14.3. The summed E-state index contributed by atoms with van der Waals surface area (Å²) < 4.78 is 40.4. The Bertz CT molecular complexity index is 838. The van der Waals surface area contributed by atoms with E-state index in [9.17, 15) is 22.8 Å². The Balaban J connectivity index is 1.60. The van der Waals surface area contributed by atoms with Crippen LogP contribution in [0.4, 0.5) is 18.9 Å². The van der Waals surface area contributed by atoms with Gasteiger partial charge in [-0.15, -0.1) is 13.2 Å². The molecule has 1 aliphatic heterocycles. The van der Waals surface area contributed by atoms with Crippen molar-refractivity contribution in [1.29, 1.82) is 0 Å². The summed E-state index contributed by atoms with van der Waals surface area (Å²) in [6.45, 7) is 2.20. The van der Waals surface area contributed by atoms with E-state index in [-0.39, 0.29) is 36.6 Å². The van der Waals surface area contributed by atoms with E-state index in [0.717, 1.165) is 17.7 Å². The number of rotatable bonds is 5. The zero-order chi connectivity index (χ0) is 20.3. The Kier molecular flexibility index (Phi) is 5.58. The summed E-state index contributed by atoms with van der Waals surface area (Å²) >= 11 is 0. The average Bonchev–Trinajstić information content (AvgIpc) is 3.04. The summed E-state index contributed by atoms with van der Waals surface area (Å²) in [5, 5.41) is 2.64. The highest BCUT2D eigenvalue weighted by molar-refractivity contribution is 5.97. The van der Waals surface area contributed by atoms with Gasteiger partial charge in [0.1, 0.15) is 5.75 Å². The predicted molar refractivity (Wildman–Crippen MR) is 96.4 cm³/mol. The second-order valence-corrected chi connectivity index (χ2v) is 6.60. The Labute approximate surface area is 160 Å². The molecule has 2 aromatic carbocycles. The maximum atomic E-state index is 12.5. The second kappa shape index (κ2) is 7.92. The molecule has 2 atom stereocenters. The van der Waals surface area contributed by atoms with Gasteiger partial charge in [0.25, 0.3) is 0 Å². The van der Waals surface area contributed by atoms with E-state index in [4.69, 9.17) is 0 Å². The number of hydrogen-bond acceptors (Lipinski definition) is 3. The van der Waals surface area contributed by atoms with Crippen molar-refractivity contribution in [2.45, 2.75) is 25.7 Å². The van der Waals surface area contributed by atoms with Crippen molar-refractivity contribution in [3.63, 3.8) is 0 Å². The van der Waals surface area contributed by atoms with Crippen molar-refractivity contribution in [1.82, 2.24) is 4.90 Å². The zero-order valence-electron chi connectivity index (χ0n) is 15.1. The number of nitrogens with zero attached hydrogens (tertiary/aromatic N) is 1. The first-order valence-corrected chi connectivity index (χ1v) is 8.74. The van der Waals surface area contributed by atoms with Crippen molar-refractivity contribution < 1.29 is 27.5 Å². The van der Waals surface area contributed by atoms with Gasteiger partial charge in [0.15, 0.2) is 0 Å². The summed E-state index contributed by atoms with van der Waals surface area (Å²) in [5.74, 6) is -1.35. The van der Waals surface area contributed by atoms with Crippen LogP contribution in [0.1, 0.15) is 24.9 Å². The van der Waals surface area contributed by atoms with Gasteiger partial charge in [0, 0.05) is 18.7 Å². The fourth-order valence-electron chi connectivity index (χ4n) is 3.18. The van der Waals surface area contributed by atoms with Gasteiger partial charge < -0.3 is 15.0 Å². The van der Waals surface area contributed by atoms with Crippen LogP contribution in [0.3, 0.4) is 0 Å². The van der Waals surface area contributed by atoms with Crippen molar-refractivity contribution in [3.8, 4) is 5.75 Å². The Morgan fingerprint density at radius 2 is 1.79 bits per heavy atom. The molecule has 8 heteroatoms. The fraction of sp³-hybridized carbons (Fsp3) is 0.300. The van der Waals surface area contributed by atoms with Crippen molar-refractivity contribution in [2.75, 3.05) is 11.9 Å². The molecule has 0 aromatic heterocycles. The number of amides is 2. The van der Waals surface area contributed by atoms with Crippen LogP contribution in [0, 0.1) is 5.92 Å². The molecule has 0 spiro atoms. The lowest BCUT2D eigenvalue weighted by atomic mass is 10.1. The molecule has 2 amide bonds. The average molecular weight is 392 g/mol. The highest BCUT2D eigenvalue weighted by atomic mass is 19.4. The number of nitrogens with one attached hydrogen (secondary N) is 1. The smallest absolute Gasteiger partial charge is 0.406 e. The highest BCUT2D eigenvalue weighted by Gasteiger charge is 2.37. The van der Waals surface area contributed by atoms with Crippen LogP contribution >= 0.6 is 0 Å². The normalized spacial score (nSPS) is 18.1. The molecule has 3 rings (SSSR count). The van der Waals surface area contributed by atoms with Crippen LogP contribution < -0.4 is 10.1 Å². The third kappa shape index (κ3) is 4.82. The van der Waals surface area contributed by atoms with Crippen LogP contribution in [-0.2, 0) is 9.59 Å². The summed E-state index contributed by atoms with van der Waals surface area (Å²) in [4.78, 5) is 26.5. The molecule has 1 heterocycles. The van der Waals surface area contributed by atoms with E-state index in [1.807, 2.05) is 37.3 Å². The molecule has 0 saturated carbocycles. The van der Waals surface area contributed by atoms with Crippen LogP contribution in [0.5, 0.6) is 5.75 Å². The van der Waals surface area contributed by atoms with Crippen LogP contribution in [0.15, 0.2) is 54.6 Å². The third-order valence-corrected chi connectivity index (χ3v) is 4.63. The fourth-order valence-corrected chi connectivity index (χ4v) is 3.18. The molecule has 0 bridgehead atoms. The molecule has 0 unspecified atom stereocenters. The molecule has 5 nitrogen and oxygen atoms in total. The maximum Gasteiger partial charge on any atom is 0.573 e. The van der Waals surface area contributed by atoms with E-state index in [1.54, 1.807) is 4.90 Å². The molecular weight excluding hydrogens is 373 g/mol. The number of alkyl halides is 3. The first-order chi connectivity index (χ1) is 13.2. The molecule has 1 aliphatic rings. The second-order valence-electron chi connectivity index (χ2n) is 6.60. The number of ether oxygens (including phenoxy) is 1. The molecule has 0 aliphatic carbocycles.